The molecule has 2 nitrogen and oxygen atoms in total. The molecule has 0 aromatic heterocycles. The third-order valence-electron chi connectivity index (χ3n) is 4.08. The van der Waals surface area contributed by atoms with Crippen LogP contribution < -0.4 is 0 Å². The van der Waals surface area contributed by atoms with E-state index >= 15 is 0 Å². The highest BCUT2D eigenvalue weighted by Gasteiger charge is 2.40. The second kappa shape index (κ2) is 6.51. The van der Waals surface area contributed by atoms with Crippen molar-refractivity contribution in [3.8, 4) is 0 Å². The monoisotopic (exact) mass is 326 g/mol. The van der Waals surface area contributed by atoms with E-state index in [9.17, 15) is 19.0 Å². The molecule has 0 aliphatic carbocycles. The highest BCUT2D eigenvalue weighted by atomic mass is 19.1. The van der Waals surface area contributed by atoms with Crippen LogP contribution in [0.25, 0.3) is 0 Å². The van der Waals surface area contributed by atoms with Gasteiger partial charge >= 0.3 is 0 Å². The summed E-state index contributed by atoms with van der Waals surface area (Å²) >= 11 is 0. The lowest BCUT2D eigenvalue weighted by Crippen LogP contribution is -2.35. The van der Waals surface area contributed by atoms with Gasteiger partial charge in [0, 0.05) is 0 Å². The largest absolute Gasteiger partial charge is 0.385 e. The van der Waals surface area contributed by atoms with E-state index in [-0.39, 0.29) is 0 Å². The van der Waals surface area contributed by atoms with Gasteiger partial charge in [0.1, 0.15) is 23.3 Å². The van der Waals surface area contributed by atoms with Crippen molar-refractivity contribution in [2.45, 2.75) is 11.7 Å². The van der Waals surface area contributed by atoms with Crippen LogP contribution in [0.1, 0.15) is 22.8 Å². The zero-order chi connectivity index (χ0) is 17.2. The minimum Gasteiger partial charge on any atom is -0.385 e. The Balaban J connectivity index is 2.16. The first kappa shape index (κ1) is 16.3. The summed E-state index contributed by atoms with van der Waals surface area (Å²) in [5.41, 5.74) is -0.727. The van der Waals surface area contributed by atoms with E-state index in [4.69, 9.17) is 0 Å². The second-order valence-corrected chi connectivity index (χ2v) is 5.59. The number of halogens is 2. The van der Waals surface area contributed by atoms with E-state index < -0.39 is 23.3 Å². The molecule has 0 amide bonds. The van der Waals surface area contributed by atoms with E-state index in [1.807, 2.05) is 0 Å². The first-order valence-electron chi connectivity index (χ1n) is 7.49. The van der Waals surface area contributed by atoms with Crippen molar-refractivity contribution >= 4 is 0 Å². The Morgan fingerprint density at radius 3 is 1.50 bits per heavy atom. The zero-order valence-electron chi connectivity index (χ0n) is 12.7. The Hall–Kier alpha value is -2.56. The summed E-state index contributed by atoms with van der Waals surface area (Å²) in [5, 5.41) is 22.2. The normalized spacial score (nSPS) is 12.8. The minimum atomic E-state index is -1.84. The highest BCUT2D eigenvalue weighted by Crippen LogP contribution is 2.41. The van der Waals surface area contributed by atoms with Crippen molar-refractivity contribution < 1.29 is 19.0 Å². The number of hydrogen-bond donors (Lipinski definition) is 2. The maximum Gasteiger partial charge on any atom is 0.145 e. The third kappa shape index (κ3) is 2.94. The predicted molar refractivity (Wildman–Crippen MR) is 87.2 cm³/mol. The molecule has 0 saturated carbocycles. The molecule has 1 atom stereocenters. The van der Waals surface area contributed by atoms with Crippen molar-refractivity contribution in [1.82, 2.24) is 0 Å². The lowest BCUT2D eigenvalue weighted by atomic mass is 9.79. The highest BCUT2D eigenvalue weighted by molar-refractivity contribution is 5.40. The van der Waals surface area contributed by atoms with Gasteiger partial charge in [0.05, 0.1) is 0 Å². The lowest BCUT2D eigenvalue weighted by Gasteiger charge is -2.34. The fourth-order valence-electron chi connectivity index (χ4n) is 2.77. The van der Waals surface area contributed by atoms with Gasteiger partial charge in [0.15, 0.2) is 0 Å². The number of rotatable bonds is 4. The van der Waals surface area contributed by atoms with Gasteiger partial charge in [-0.05, 0) is 41.0 Å². The molecule has 0 spiro atoms. The third-order valence-corrected chi connectivity index (χ3v) is 4.08. The van der Waals surface area contributed by atoms with Gasteiger partial charge in [-0.3, -0.25) is 0 Å². The van der Waals surface area contributed by atoms with Crippen LogP contribution in [0.15, 0.2) is 78.9 Å². The molecule has 122 valence electrons. The van der Waals surface area contributed by atoms with Crippen LogP contribution in [-0.2, 0) is 5.60 Å². The van der Waals surface area contributed by atoms with Crippen LogP contribution in [-0.4, -0.2) is 10.2 Å². The van der Waals surface area contributed by atoms with Crippen molar-refractivity contribution in [2.75, 3.05) is 0 Å². The van der Waals surface area contributed by atoms with Crippen LogP contribution in [0.2, 0.25) is 0 Å². The summed E-state index contributed by atoms with van der Waals surface area (Å²) in [4.78, 5) is 0. The Labute approximate surface area is 138 Å². The SMILES string of the molecule is O[C@@H](c1ccccc1)C(O)(c1ccc(F)cc1)c1ccc(F)cc1. The molecular weight excluding hydrogens is 310 g/mol. The molecule has 3 rings (SSSR count). The second-order valence-electron chi connectivity index (χ2n) is 5.59. The molecule has 0 radical (unpaired) electrons. The number of hydrogen-bond acceptors (Lipinski definition) is 2. The minimum absolute atomic E-state index is 0.312. The maximum absolute atomic E-state index is 13.3. The number of benzene rings is 3. The van der Waals surface area contributed by atoms with Gasteiger partial charge in [-0.15, -0.1) is 0 Å². The molecule has 0 heterocycles. The van der Waals surface area contributed by atoms with E-state index in [2.05, 4.69) is 0 Å². The molecule has 0 unspecified atom stereocenters. The molecule has 3 aromatic rings. The fraction of sp³-hybridized carbons (Fsp3) is 0.100. The molecule has 0 bridgehead atoms. The molecule has 4 heteroatoms. The Bertz CT molecular complexity index is 754. The summed E-state index contributed by atoms with van der Waals surface area (Å²) in [5.74, 6) is -0.899. The molecular formula is C20H16F2O2. The summed E-state index contributed by atoms with van der Waals surface area (Å²) in [7, 11) is 0. The summed E-state index contributed by atoms with van der Waals surface area (Å²) < 4.78 is 26.5. The summed E-state index contributed by atoms with van der Waals surface area (Å²) in [6, 6.07) is 19.1. The quantitative estimate of drug-likeness (QED) is 0.762. The fourth-order valence-corrected chi connectivity index (χ4v) is 2.77. The molecule has 0 fully saturated rings. The van der Waals surface area contributed by atoms with E-state index in [0.29, 0.717) is 16.7 Å². The first-order valence-corrected chi connectivity index (χ1v) is 7.49. The van der Waals surface area contributed by atoms with Crippen LogP contribution >= 0.6 is 0 Å². The molecule has 24 heavy (non-hydrogen) atoms. The van der Waals surface area contributed by atoms with Gasteiger partial charge in [-0.2, -0.15) is 0 Å². The molecule has 0 saturated heterocycles. The van der Waals surface area contributed by atoms with Crippen molar-refractivity contribution in [3.05, 3.63) is 107 Å². The Morgan fingerprint density at radius 2 is 1.08 bits per heavy atom. The number of aliphatic hydroxyl groups excluding tert-OH is 1. The van der Waals surface area contributed by atoms with Gasteiger partial charge in [-0.1, -0.05) is 54.6 Å². The van der Waals surface area contributed by atoms with Crippen molar-refractivity contribution in [3.63, 3.8) is 0 Å². The lowest BCUT2D eigenvalue weighted by molar-refractivity contribution is -0.0518. The smallest absolute Gasteiger partial charge is 0.145 e. The van der Waals surface area contributed by atoms with Gasteiger partial charge in [-0.25, -0.2) is 8.78 Å². The van der Waals surface area contributed by atoms with E-state index in [1.54, 1.807) is 30.3 Å². The summed E-state index contributed by atoms with van der Waals surface area (Å²) in [6.07, 6.45) is -1.31. The van der Waals surface area contributed by atoms with E-state index in [0.717, 1.165) is 0 Å². The average Bonchev–Trinajstić information content (AvgIpc) is 2.62. The number of aliphatic hydroxyl groups is 2. The van der Waals surface area contributed by atoms with E-state index in [1.165, 1.54) is 48.5 Å². The van der Waals surface area contributed by atoms with Gasteiger partial charge in [0.25, 0.3) is 0 Å². The molecule has 2 N–H and O–H groups in total. The Kier molecular flexibility index (Phi) is 4.42. The van der Waals surface area contributed by atoms with Gasteiger partial charge in [0.2, 0.25) is 0 Å². The maximum atomic E-state index is 13.3. The summed E-state index contributed by atoms with van der Waals surface area (Å²) in [6.45, 7) is 0. The first-order chi connectivity index (χ1) is 11.5. The predicted octanol–water partition coefficient (Wildman–Crippen LogP) is 3.93. The molecule has 3 aromatic carbocycles. The topological polar surface area (TPSA) is 40.5 Å². The van der Waals surface area contributed by atoms with Crippen molar-refractivity contribution in [2.24, 2.45) is 0 Å². The van der Waals surface area contributed by atoms with Crippen LogP contribution in [0.4, 0.5) is 8.78 Å². The van der Waals surface area contributed by atoms with Crippen LogP contribution in [0.3, 0.4) is 0 Å². The van der Waals surface area contributed by atoms with Crippen LogP contribution in [0.5, 0.6) is 0 Å². The van der Waals surface area contributed by atoms with Gasteiger partial charge < -0.3 is 10.2 Å². The van der Waals surface area contributed by atoms with Crippen molar-refractivity contribution in [1.29, 1.82) is 0 Å². The average molecular weight is 326 g/mol. The molecule has 0 aliphatic heterocycles. The molecule has 0 aliphatic rings. The zero-order valence-corrected chi connectivity index (χ0v) is 12.7. The van der Waals surface area contributed by atoms with Crippen LogP contribution in [0, 0.1) is 11.6 Å². The standard InChI is InChI=1S/C20H16F2O2/c21-17-10-6-15(7-11-17)20(24,16-8-12-18(22)13-9-16)19(23)14-4-2-1-3-5-14/h1-13,19,23-24H/t19-/m0/s1. The Morgan fingerprint density at radius 1 is 0.667 bits per heavy atom.